The first-order chi connectivity index (χ1) is 14.5. The average Bonchev–Trinajstić information content (AvgIpc) is 3.03. The van der Waals surface area contributed by atoms with Gasteiger partial charge in [-0.1, -0.05) is 0 Å². The Balaban J connectivity index is 1.50. The molecule has 1 aromatic heterocycles. The highest BCUT2D eigenvalue weighted by molar-refractivity contribution is 6.06. The smallest absolute Gasteiger partial charge is 0.261 e. The van der Waals surface area contributed by atoms with E-state index in [0.717, 1.165) is 6.42 Å². The second-order valence-corrected chi connectivity index (χ2v) is 7.15. The highest BCUT2D eigenvalue weighted by Crippen LogP contribution is 2.17. The third-order valence-corrected chi connectivity index (χ3v) is 5.01. The number of aromatic nitrogens is 1. The van der Waals surface area contributed by atoms with Crippen molar-refractivity contribution < 1.29 is 14.3 Å². The summed E-state index contributed by atoms with van der Waals surface area (Å²) in [6.07, 6.45) is 0.811. The fraction of sp³-hybridized carbons (Fsp3) is 0.227. The highest BCUT2D eigenvalue weighted by atomic mass is 16.5. The zero-order chi connectivity index (χ0) is 21.1. The number of H-pyrrole nitrogens is 1. The molecule has 0 aliphatic carbocycles. The van der Waals surface area contributed by atoms with Gasteiger partial charge in [-0.25, -0.2) is 0 Å². The molecular weight excluding hydrogens is 384 g/mol. The number of nitrogens with one attached hydrogen (secondary N) is 2. The van der Waals surface area contributed by atoms with Crippen LogP contribution in [0.15, 0.2) is 53.3 Å². The quantitative estimate of drug-likeness (QED) is 0.577. The van der Waals surface area contributed by atoms with Crippen LogP contribution in [-0.4, -0.2) is 48.0 Å². The zero-order valence-electron chi connectivity index (χ0n) is 16.3. The van der Waals surface area contributed by atoms with Gasteiger partial charge in [0.25, 0.3) is 17.4 Å². The molecule has 0 unspecified atom stereocenters. The minimum atomic E-state index is -0.538. The van der Waals surface area contributed by atoms with Crippen LogP contribution in [-0.2, 0) is 4.74 Å². The first kappa shape index (κ1) is 19.7. The van der Waals surface area contributed by atoms with E-state index in [1.165, 1.54) is 6.07 Å². The molecule has 4 rings (SSSR count). The van der Waals surface area contributed by atoms with Gasteiger partial charge >= 0.3 is 0 Å². The standard InChI is InChI=1S/C22H22N4O4/c23-16-4-7-19-15(12-16)13-18(21(28)25-19)20(27)24-17-5-2-14(3-6-17)22(29)26-8-1-10-30-11-9-26/h2-7,12-13H,1,8-11,23H2,(H,24,27)(H,25,28). The van der Waals surface area contributed by atoms with Gasteiger partial charge in [-0.05, 0) is 55.0 Å². The number of pyridine rings is 1. The summed E-state index contributed by atoms with van der Waals surface area (Å²) in [4.78, 5) is 42.0. The molecule has 0 atom stereocenters. The van der Waals surface area contributed by atoms with Gasteiger partial charge < -0.3 is 25.7 Å². The minimum Gasteiger partial charge on any atom is -0.399 e. The Morgan fingerprint density at radius 2 is 1.83 bits per heavy atom. The van der Waals surface area contributed by atoms with Crippen molar-refractivity contribution in [3.63, 3.8) is 0 Å². The number of hydrogen-bond acceptors (Lipinski definition) is 5. The monoisotopic (exact) mass is 406 g/mol. The molecule has 3 aromatic rings. The van der Waals surface area contributed by atoms with Crippen molar-refractivity contribution in [2.75, 3.05) is 37.4 Å². The number of amides is 2. The van der Waals surface area contributed by atoms with E-state index in [1.54, 1.807) is 47.4 Å². The number of rotatable bonds is 3. The van der Waals surface area contributed by atoms with E-state index in [2.05, 4.69) is 10.3 Å². The summed E-state index contributed by atoms with van der Waals surface area (Å²) in [5.41, 5.74) is 7.45. The number of aromatic amines is 1. The van der Waals surface area contributed by atoms with Gasteiger partial charge in [-0.15, -0.1) is 0 Å². The maximum Gasteiger partial charge on any atom is 0.261 e. The van der Waals surface area contributed by atoms with Gasteiger partial charge in [0.2, 0.25) is 0 Å². The lowest BCUT2D eigenvalue weighted by Gasteiger charge is -2.19. The van der Waals surface area contributed by atoms with E-state index in [4.69, 9.17) is 10.5 Å². The molecule has 4 N–H and O–H groups in total. The van der Waals surface area contributed by atoms with Crippen LogP contribution < -0.4 is 16.6 Å². The molecule has 2 aromatic carbocycles. The van der Waals surface area contributed by atoms with Crippen molar-refractivity contribution in [2.45, 2.75) is 6.42 Å². The van der Waals surface area contributed by atoms with Gasteiger partial charge in [0.15, 0.2) is 0 Å². The molecule has 0 radical (unpaired) electrons. The second kappa shape index (κ2) is 8.38. The van der Waals surface area contributed by atoms with Crippen molar-refractivity contribution in [3.8, 4) is 0 Å². The van der Waals surface area contributed by atoms with Crippen LogP contribution in [0.3, 0.4) is 0 Å². The molecule has 1 aliphatic heterocycles. The lowest BCUT2D eigenvalue weighted by Crippen LogP contribution is -2.33. The minimum absolute atomic E-state index is 0.0159. The van der Waals surface area contributed by atoms with E-state index >= 15 is 0 Å². The van der Waals surface area contributed by atoms with Crippen LogP contribution in [0.4, 0.5) is 11.4 Å². The maximum atomic E-state index is 12.6. The van der Waals surface area contributed by atoms with Gasteiger partial charge in [-0.2, -0.15) is 0 Å². The number of fused-ring (bicyclic) bond motifs is 1. The van der Waals surface area contributed by atoms with Crippen LogP contribution in [0, 0.1) is 0 Å². The van der Waals surface area contributed by atoms with Crippen LogP contribution in [0.5, 0.6) is 0 Å². The van der Waals surface area contributed by atoms with Crippen molar-refractivity contribution in [3.05, 3.63) is 70.0 Å². The number of ether oxygens (including phenoxy) is 1. The second-order valence-electron chi connectivity index (χ2n) is 7.15. The predicted molar refractivity (Wildman–Crippen MR) is 115 cm³/mol. The number of carbonyl (C=O) groups is 2. The Morgan fingerprint density at radius 1 is 1.03 bits per heavy atom. The summed E-state index contributed by atoms with van der Waals surface area (Å²) in [5, 5.41) is 3.37. The molecule has 2 heterocycles. The SMILES string of the molecule is Nc1ccc2[nH]c(=O)c(C(=O)Nc3ccc(C(=O)N4CCCOCC4)cc3)cc2c1. The summed E-state index contributed by atoms with van der Waals surface area (Å²) in [7, 11) is 0. The Bertz CT molecular complexity index is 1150. The molecular formula is C22H22N4O4. The normalized spacial score (nSPS) is 14.3. The van der Waals surface area contributed by atoms with Gasteiger partial charge in [0.1, 0.15) is 5.56 Å². The lowest BCUT2D eigenvalue weighted by molar-refractivity contribution is 0.0741. The lowest BCUT2D eigenvalue weighted by atomic mass is 10.1. The first-order valence-corrected chi connectivity index (χ1v) is 9.72. The van der Waals surface area contributed by atoms with E-state index < -0.39 is 11.5 Å². The fourth-order valence-electron chi connectivity index (χ4n) is 3.42. The zero-order valence-corrected chi connectivity index (χ0v) is 16.3. The molecule has 1 fully saturated rings. The molecule has 0 bridgehead atoms. The summed E-state index contributed by atoms with van der Waals surface area (Å²) < 4.78 is 5.38. The molecule has 30 heavy (non-hydrogen) atoms. The molecule has 2 amide bonds. The van der Waals surface area contributed by atoms with Crippen molar-refractivity contribution in [2.24, 2.45) is 0 Å². The number of benzene rings is 2. The Morgan fingerprint density at radius 3 is 2.63 bits per heavy atom. The van der Waals surface area contributed by atoms with Gasteiger partial charge in [0, 0.05) is 47.5 Å². The van der Waals surface area contributed by atoms with Crippen LogP contribution in [0.1, 0.15) is 27.1 Å². The highest BCUT2D eigenvalue weighted by Gasteiger charge is 2.18. The predicted octanol–water partition coefficient (Wildman–Crippen LogP) is 2.23. The molecule has 1 aliphatic rings. The van der Waals surface area contributed by atoms with E-state index in [-0.39, 0.29) is 11.5 Å². The largest absolute Gasteiger partial charge is 0.399 e. The third kappa shape index (κ3) is 4.18. The Kier molecular flexibility index (Phi) is 5.49. The summed E-state index contributed by atoms with van der Waals surface area (Å²) >= 11 is 0. The maximum absolute atomic E-state index is 12.6. The Labute approximate surface area is 172 Å². The molecule has 1 saturated heterocycles. The Hall–Kier alpha value is -3.65. The first-order valence-electron chi connectivity index (χ1n) is 9.72. The number of nitrogen functional groups attached to an aromatic ring is 1. The van der Waals surface area contributed by atoms with E-state index in [1.807, 2.05) is 0 Å². The summed E-state index contributed by atoms with van der Waals surface area (Å²) in [5.74, 6) is -0.605. The van der Waals surface area contributed by atoms with Gasteiger partial charge in [-0.3, -0.25) is 14.4 Å². The third-order valence-electron chi connectivity index (χ3n) is 5.01. The fourth-order valence-corrected chi connectivity index (χ4v) is 3.42. The number of anilines is 2. The van der Waals surface area contributed by atoms with Crippen LogP contribution >= 0.6 is 0 Å². The van der Waals surface area contributed by atoms with Crippen molar-refractivity contribution in [1.29, 1.82) is 0 Å². The van der Waals surface area contributed by atoms with Crippen molar-refractivity contribution >= 4 is 34.1 Å². The molecule has 0 saturated carbocycles. The number of nitrogens with two attached hydrogens (primary N) is 1. The van der Waals surface area contributed by atoms with E-state index in [0.29, 0.717) is 54.1 Å². The average molecular weight is 406 g/mol. The van der Waals surface area contributed by atoms with Crippen molar-refractivity contribution in [1.82, 2.24) is 9.88 Å². The number of hydrogen-bond donors (Lipinski definition) is 3. The molecule has 0 spiro atoms. The molecule has 154 valence electrons. The number of nitrogens with zero attached hydrogens (tertiary/aromatic N) is 1. The molecule has 8 heteroatoms. The summed E-state index contributed by atoms with van der Waals surface area (Å²) in [6, 6.07) is 13.2. The molecule has 8 nitrogen and oxygen atoms in total. The number of carbonyl (C=O) groups excluding carboxylic acids is 2. The van der Waals surface area contributed by atoms with E-state index in [9.17, 15) is 14.4 Å². The van der Waals surface area contributed by atoms with Gasteiger partial charge in [0.05, 0.1) is 6.61 Å². The summed E-state index contributed by atoms with van der Waals surface area (Å²) in [6.45, 7) is 2.42. The van der Waals surface area contributed by atoms with Crippen LogP contribution in [0.25, 0.3) is 10.9 Å². The topological polar surface area (TPSA) is 118 Å². The van der Waals surface area contributed by atoms with Crippen LogP contribution in [0.2, 0.25) is 0 Å².